The van der Waals surface area contributed by atoms with Gasteiger partial charge in [0.15, 0.2) is 4.90 Å². The van der Waals surface area contributed by atoms with Crippen LogP contribution in [0.1, 0.15) is 37.7 Å². The van der Waals surface area contributed by atoms with Gasteiger partial charge in [-0.15, -0.1) is 0 Å². The summed E-state index contributed by atoms with van der Waals surface area (Å²) in [5.41, 5.74) is -0.998. The number of halogens is 2. The Morgan fingerprint density at radius 3 is 2.42 bits per heavy atom. The van der Waals surface area contributed by atoms with Crippen molar-refractivity contribution in [2.24, 2.45) is 5.41 Å². The number of benzene rings is 1. The van der Waals surface area contributed by atoms with E-state index in [0.717, 1.165) is 12.8 Å². The maximum absolute atomic E-state index is 14.2. The third kappa shape index (κ3) is 3.34. The fourth-order valence-electron chi connectivity index (χ4n) is 3.77. The fraction of sp³-hybridized carbons (Fsp3) is 0.588. The minimum absolute atomic E-state index is 0.238. The maximum Gasteiger partial charge on any atom is 0.246 e. The first-order valence-corrected chi connectivity index (χ1v) is 9.95. The quantitative estimate of drug-likeness (QED) is 0.777. The second-order valence-electron chi connectivity index (χ2n) is 6.91. The van der Waals surface area contributed by atoms with Gasteiger partial charge in [0.25, 0.3) is 0 Å². The molecule has 1 aromatic carbocycles. The number of nitrogens with zero attached hydrogens (tertiary/aromatic N) is 1. The standard InChI is InChI=1S/C17H20F2N2O4S/c18-12-7-11(9-20)8-13(19)15(12)26(23,24)21-16(14-3-1-6-25-14)17(10-22)4-2-5-17/h7-8,14,16,21-22H,1-6,10H2/t14-,16-/m1/s1. The van der Waals surface area contributed by atoms with Crippen molar-refractivity contribution in [3.05, 3.63) is 29.3 Å². The van der Waals surface area contributed by atoms with Crippen LogP contribution in [-0.2, 0) is 14.8 Å². The van der Waals surface area contributed by atoms with Crippen molar-refractivity contribution in [1.29, 1.82) is 5.26 Å². The van der Waals surface area contributed by atoms with Crippen LogP contribution in [0.5, 0.6) is 0 Å². The van der Waals surface area contributed by atoms with Gasteiger partial charge in [-0.05, 0) is 37.8 Å². The molecule has 0 spiro atoms. The van der Waals surface area contributed by atoms with E-state index in [0.29, 0.717) is 38.0 Å². The predicted octanol–water partition coefficient (Wildman–Crippen LogP) is 1.82. The van der Waals surface area contributed by atoms with Gasteiger partial charge in [0, 0.05) is 12.0 Å². The van der Waals surface area contributed by atoms with E-state index >= 15 is 0 Å². The van der Waals surface area contributed by atoms with E-state index in [9.17, 15) is 22.3 Å². The average Bonchev–Trinajstić information content (AvgIpc) is 3.06. The molecule has 0 bridgehead atoms. The highest BCUT2D eigenvalue weighted by molar-refractivity contribution is 7.89. The lowest BCUT2D eigenvalue weighted by atomic mass is 9.63. The molecule has 1 aliphatic heterocycles. The smallest absolute Gasteiger partial charge is 0.246 e. The van der Waals surface area contributed by atoms with Crippen LogP contribution in [0, 0.1) is 28.4 Å². The zero-order chi connectivity index (χ0) is 18.9. The lowest BCUT2D eigenvalue weighted by Crippen LogP contribution is -2.58. The van der Waals surface area contributed by atoms with Crippen LogP contribution >= 0.6 is 0 Å². The van der Waals surface area contributed by atoms with Gasteiger partial charge in [-0.25, -0.2) is 21.9 Å². The summed E-state index contributed by atoms with van der Waals surface area (Å²) in [5.74, 6) is -2.65. The Kier molecular flexibility index (Phi) is 5.30. The molecule has 1 saturated heterocycles. The van der Waals surface area contributed by atoms with E-state index in [1.165, 1.54) is 0 Å². The molecule has 6 nitrogen and oxygen atoms in total. The summed E-state index contributed by atoms with van der Waals surface area (Å²) in [6.45, 7) is 0.238. The average molecular weight is 386 g/mol. The second kappa shape index (κ2) is 7.19. The lowest BCUT2D eigenvalue weighted by molar-refractivity contribution is -0.0429. The van der Waals surface area contributed by atoms with Crippen LogP contribution in [0.4, 0.5) is 8.78 Å². The Bertz CT molecular complexity index is 799. The van der Waals surface area contributed by atoms with E-state index in [-0.39, 0.29) is 12.2 Å². The number of hydrogen-bond donors (Lipinski definition) is 2. The normalized spacial score (nSPS) is 23.2. The van der Waals surface area contributed by atoms with Crippen LogP contribution in [0.25, 0.3) is 0 Å². The van der Waals surface area contributed by atoms with Crippen LogP contribution < -0.4 is 4.72 Å². The summed E-state index contributed by atoms with van der Waals surface area (Å²) in [6, 6.07) is 2.17. The Hall–Kier alpha value is -1.60. The molecule has 2 aliphatic rings. The van der Waals surface area contributed by atoms with Crippen molar-refractivity contribution < 1.29 is 27.0 Å². The number of hydrogen-bond acceptors (Lipinski definition) is 5. The molecule has 0 radical (unpaired) electrons. The summed E-state index contributed by atoms with van der Waals surface area (Å²) in [7, 11) is -4.55. The molecular formula is C17H20F2N2O4S. The summed E-state index contributed by atoms with van der Waals surface area (Å²) in [6.07, 6.45) is 2.95. The molecule has 9 heteroatoms. The number of aliphatic hydroxyl groups is 1. The number of sulfonamides is 1. The highest BCUT2D eigenvalue weighted by Gasteiger charge is 2.50. The van der Waals surface area contributed by atoms with Gasteiger partial charge in [-0.2, -0.15) is 5.26 Å². The molecule has 2 fully saturated rings. The number of ether oxygens (including phenoxy) is 1. The molecule has 1 saturated carbocycles. The fourth-order valence-corrected chi connectivity index (χ4v) is 5.25. The van der Waals surface area contributed by atoms with E-state index in [2.05, 4.69) is 4.72 Å². The van der Waals surface area contributed by atoms with Crippen molar-refractivity contribution in [2.45, 2.75) is 49.1 Å². The van der Waals surface area contributed by atoms with E-state index in [1.807, 2.05) is 0 Å². The van der Waals surface area contributed by atoms with Crippen LogP contribution in [0.15, 0.2) is 17.0 Å². The lowest BCUT2D eigenvalue weighted by Gasteiger charge is -2.48. The Labute approximate surface area is 150 Å². The van der Waals surface area contributed by atoms with Crippen molar-refractivity contribution in [1.82, 2.24) is 4.72 Å². The summed E-state index contributed by atoms with van der Waals surface area (Å²) < 4.78 is 61.9. The number of nitrogens with one attached hydrogen (secondary N) is 1. The molecule has 2 N–H and O–H groups in total. The monoisotopic (exact) mass is 386 g/mol. The van der Waals surface area contributed by atoms with Gasteiger partial charge in [-0.1, -0.05) is 6.42 Å². The molecule has 1 heterocycles. The molecule has 0 amide bonds. The molecule has 2 atom stereocenters. The summed E-state index contributed by atoms with van der Waals surface area (Å²) >= 11 is 0. The highest BCUT2D eigenvalue weighted by atomic mass is 32.2. The molecular weight excluding hydrogens is 366 g/mol. The van der Waals surface area contributed by atoms with Crippen LogP contribution in [0.2, 0.25) is 0 Å². The van der Waals surface area contributed by atoms with Crippen molar-refractivity contribution in [3.8, 4) is 6.07 Å². The number of rotatable bonds is 6. The molecule has 1 aromatic rings. The van der Waals surface area contributed by atoms with Gasteiger partial charge in [-0.3, -0.25) is 0 Å². The molecule has 0 unspecified atom stereocenters. The molecule has 3 rings (SSSR count). The summed E-state index contributed by atoms with van der Waals surface area (Å²) in [5, 5.41) is 18.6. The van der Waals surface area contributed by atoms with Gasteiger partial charge >= 0.3 is 0 Å². The first kappa shape index (κ1) is 19.2. The van der Waals surface area contributed by atoms with E-state index in [4.69, 9.17) is 10.00 Å². The third-order valence-electron chi connectivity index (χ3n) is 5.34. The van der Waals surface area contributed by atoms with E-state index in [1.54, 1.807) is 6.07 Å². The molecule has 0 aromatic heterocycles. The minimum Gasteiger partial charge on any atom is -0.396 e. The second-order valence-corrected chi connectivity index (χ2v) is 8.56. The van der Waals surface area contributed by atoms with Crippen LogP contribution in [-0.4, -0.2) is 38.9 Å². The summed E-state index contributed by atoms with van der Waals surface area (Å²) in [4.78, 5) is -1.12. The Morgan fingerprint density at radius 1 is 1.35 bits per heavy atom. The Balaban J connectivity index is 1.97. The van der Waals surface area contributed by atoms with Gasteiger partial charge in [0.2, 0.25) is 10.0 Å². The van der Waals surface area contributed by atoms with Crippen LogP contribution in [0.3, 0.4) is 0 Å². The van der Waals surface area contributed by atoms with Crippen molar-refractivity contribution in [2.75, 3.05) is 13.2 Å². The van der Waals surface area contributed by atoms with E-state index < -0.39 is 44.1 Å². The molecule has 1 aliphatic carbocycles. The SMILES string of the molecule is N#Cc1cc(F)c(S(=O)(=O)N[C@H]([C@H]2CCCO2)C2(CO)CCC2)c(F)c1. The highest BCUT2D eigenvalue weighted by Crippen LogP contribution is 2.46. The van der Waals surface area contributed by atoms with Crippen molar-refractivity contribution in [3.63, 3.8) is 0 Å². The predicted molar refractivity (Wildman–Crippen MR) is 87.5 cm³/mol. The number of nitriles is 1. The number of aliphatic hydroxyl groups excluding tert-OH is 1. The zero-order valence-electron chi connectivity index (χ0n) is 14.0. The molecule has 142 valence electrons. The Morgan fingerprint density at radius 2 is 2.00 bits per heavy atom. The largest absolute Gasteiger partial charge is 0.396 e. The van der Waals surface area contributed by atoms with Gasteiger partial charge in [0.05, 0.1) is 30.4 Å². The first-order chi connectivity index (χ1) is 12.3. The molecule has 26 heavy (non-hydrogen) atoms. The first-order valence-electron chi connectivity index (χ1n) is 8.47. The third-order valence-corrected chi connectivity index (χ3v) is 6.83. The minimum atomic E-state index is -4.55. The topological polar surface area (TPSA) is 99.4 Å². The maximum atomic E-state index is 14.2. The van der Waals surface area contributed by atoms with Crippen molar-refractivity contribution >= 4 is 10.0 Å². The van der Waals surface area contributed by atoms with Gasteiger partial charge < -0.3 is 9.84 Å². The zero-order valence-corrected chi connectivity index (χ0v) is 14.9. The van der Waals surface area contributed by atoms with Gasteiger partial charge in [0.1, 0.15) is 11.6 Å².